The molecule has 0 aromatic carbocycles. The van der Waals surface area contributed by atoms with Gasteiger partial charge in [-0.1, -0.05) is 12.8 Å². The quantitative estimate of drug-likeness (QED) is 0.853. The topological polar surface area (TPSA) is 53.4 Å². The maximum atomic E-state index is 12.5. The molecule has 1 aromatic heterocycles. The number of carbonyl (C=O) groups is 1. The Labute approximate surface area is 119 Å². The molecule has 2 fully saturated rings. The van der Waals surface area contributed by atoms with E-state index in [-0.39, 0.29) is 11.8 Å². The van der Waals surface area contributed by atoms with Crippen LogP contribution >= 0.6 is 0 Å². The zero-order valence-corrected chi connectivity index (χ0v) is 12.0. The van der Waals surface area contributed by atoms with E-state index in [0.29, 0.717) is 25.1 Å². The van der Waals surface area contributed by atoms with Gasteiger partial charge in [0.25, 0.3) is 5.91 Å². The summed E-state index contributed by atoms with van der Waals surface area (Å²) < 4.78 is 0. The number of amides is 1. The van der Waals surface area contributed by atoms with E-state index in [0.717, 1.165) is 24.8 Å². The third-order valence-corrected chi connectivity index (χ3v) is 4.84. The van der Waals surface area contributed by atoms with Gasteiger partial charge in [0.2, 0.25) is 0 Å². The maximum absolute atomic E-state index is 12.5. The molecule has 1 saturated heterocycles. The molecule has 20 heavy (non-hydrogen) atoms. The summed E-state index contributed by atoms with van der Waals surface area (Å²) in [5.74, 6) is 0.292. The number of hydrogen-bond donors (Lipinski definition) is 1. The van der Waals surface area contributed by atoms with Crippen molar-refractivity contribution in [2.24, 2.45) is 5.92 Å². The Morgan fingerprint density at radius 2 is 2.25 bits per heavy atom. The molecule has 0 bridgehead atoms. The van der Waals surface area contributed by atoms with Crippen LogP contribution in [-0.4, -0.2) is 39.6 Å². The van der Waals surface area contributed by atoms with Crippen LogP contribution in [0.4, 0.5) is 0 Å². The van der Waals surface area contributed by atoms with Crippen LogP contribution in [-0.2, 0) is 0 Å². The lowest BCUT2D eigenvalue weighted by atomic mass is 9.71. The Bertz CT molecular complexity index is 517. The molecule has 4 heteroatoms. The normalized spacial score (nSPS) is 29.9. The van der Waals surface area contributed by atoms with Crippen molar-refractivity contribution < 1.29 is 9.90 Å². The second-order valence-corrected chi connectivity index (χ2v) is 6.30. The SMILES string of the molecule is Cc1cncc(C(=O)N2CC[C@@]3(O)CCCC[C@H]3C2)c1. The maximum Gasteiger partial charge on any atom is 0.255 e. The van der Waals surface area contributed by atoms with E-state index in [9.17, 15) is 9.90 Å². The van der Waals surface area contributed by atoms with Crippen molar-refractivity contribution in [2.45, 2.75) is 44.6 Å². The highest BCUT2D eigenvalue weighted by molar-refractivity contribution is 5.94. The minimum Gasteiger partial charge on any atom is -0.389 e. The molecule has 1 aliphatic carbocycles. The summed E-state index contributed by atoms with van der Waals surface area (Å²) >= 11 is 0. The number of fused-ring (bicyclic) bond motifs is 1. The summed E-state index contributed by atoms with van der Waals surface area (Å²) in [4.78, 5) is 18.5. The largest absolute Gasteiger partial charge is 0.389 e. The Kier molecular flexibility index (Phi) is 3.50. The number of aryl methyl sites for hydroxylation is 1. The van der Waals surface area contributed by atoms with E-state index in [4.69, 9.17) is 0 Å². The molecule has 2 aliphatic rings. The standard InChI is InChI=1S/C16H22N2O2/c1-12-8-13(10-17-9-12)15(19)18-7-6-16(20)5-3-2-4-14(16)11-18/h8-10,14,20H,2-7,11H2,1H3/t14-,16-/m0/s1. The lowest BCUT2D eigenvalue weighted by Crippen LogP contribution is -2.54. The first-order chi connectivity index (χ1) is 9.58. The lowest BCUT2D eigenvalue weighted by molar-refractivity contribution is -0.0886. The minimum absolute atomic E-state index is 0.0498. The molecule has 3 rings (SSSR count). The molecular weight excluding hydrogens is 252 g/mol. The highest BCUT2D eigenvalue weighted by Gasteiger charge is 2.43. The van der Waals surface area contributed by atoms with Crippen molar-refractivity contribution in [2.75, 3.05) is 13.1 Å². The van der Waals surface area contributed by atoms with E-state index in [1.807, 2.05) is 17.9 Å². The number of rotatable bonds is 1. The molecule has 0 spiro atoms. The fourth-order valence-corrected chi connectivity index (χ4v) is 3.61. The van der Waals surface area contributed by atoms with Gasteiger partial charge in [-0.3, -0.25) is 9.78 Å². The smallest absolute Gasteiger partial charge is 0.255 e. The average Bonchev–Trinajstić information content (AvgIpc) is 2.45. The van der Waals surface area contributed by atoms with Gasteiger partial charge in [0.15, 0.2) is 0 Å². The lowest BCUT2D eigenvalue weighted by Gasteiger charge is -2.47. The van der Waals surface area contributed by atoms with Crippen molar-refractivity contribution in [3.8, 4) is 0 Å². The van der Waals surface area contributed by atoms with E-state index in [2.05, 4.69) is 4.98 Å². The molecule has 1 amide bonds. The molecule has 2 heterocycles. The number of hydrogen-bond acceptors (Lipinski definition) is 3. The number of piperidine rings is 1. The van der Waals surface area contributed by atoms with Crippen LogP contribution in [0.2, 0.25) is 0 Å². The third kappa shape index (κ3) is 2.44. The van der Waals surface area contributed by atoms with E-state index < -0.39 is 5.60 Å². The monoisotopic (exact) mass is 274 g/mol. The number of nitrogens with zero attached hydrogens (tertiary/aromatic N) is 2. The molecule has 1 N–H and O–H groups in total. The number of likely N-dealkylation sites (tertiary alicyclic amines) is 1. The molecule has 1 aromatic rings. The zero-order chi connectivity index (χ0) is 14.2. The molecule has 0 radical (unpaired) electrons. The molecule has 0 unspecified atom stereocenters. The van der Waals surface area contributed by atoms with Crippen molar-refractivity contribution in [1.29, 1.82) is 0 Å². The molecule has 4 nitrogen and oxygen atoms in total. The predicted molar refractivity (Wildman–Crippen MR) is 76.4 cm³/mol. The fraction of sp³-hybridized carbons (Fsp3) is 0.625. The Hall–Kier alpha value is -1.42. The summed E-state index contributed by atoms with van der Waals surface area (Å²) in [5, 5.41) is 10.7. The molecular formula is C16H22N2O2. The highest BCUT2D eigenvalue weighted by Crippen LogP contribution is 2.39. The van der Waals surface area contributed by atoms with Crippen molar-refractivity contribution in [3.05, 3.63) is 29.6 Å². The first-order valence-corrected chi connectivity index (χ1v) is 7.52. The summed E-state index contributed by atoms with van der Waals surface area (Å²) in [6.07, 6.45) is 8.31. The summed E-state index contributed by atoms with van der Waals surface area (Å²) in [6, 6.07) is 1.89. The fourth-order valence-electron chi connectivity index (χ4n) is 3.61. The van der Waals surface area contributed by atoms with Crippen LogP contribution in [0.15, 0.2) is 18.5 Å². The van der Waals surface area contributed by atoms with Crippen LogP contribution in [0, 0.1) is 12.8 Å². The van der Waals surface area contributed by atoms with Crippen LogP contribution in [0.5, 0.6) is 0 Å². The van der Waals surface area contributed by atoms with Gasteiger partial charge < -0.3 is 10.0 Å². The molecule has 1 saturated carbocycles. The predicted octanol–water partition coefficient (Wildman–Crippen LogP) is 2.16. The molecule has 1 aliphatic heterocycles. The molecule has 2 atom stereocenters. The second kappa shape index (κ2) is 5.17. The van der Waals surface area contributed by atoms with Crippen LogP contribution in [0.25, 0.3) is 0 Å². The van der Waals surface area contributed by atoms with Gasteiger partial charge in [-0.25, -0.2) is 0 Å². The van der Waals surface area contributed by atoms with Crippen molar-refractivity contribution >= 4 is 5.91 Å². The zero-order valence-electron chi connectivity index (χ0n) is 12.0. The first-order valence-electron chi connectivity index (χ1n) is 7.52. The van der Waals surface area contributed by atoms with Gasteiger partial charge in [0.1, 0.15) is 0 Å². The van der Waals surface area contributed by atoms with Gasteiger partial charge in [-0.05, 0) is 37.8 Å². The summed E-state index contributed by atoms with van der Waals surface area (Å²) in [7, 11) is 0. The van der Waals surface area contributed by atoms with Crippen molar-refractivity contribution in [3.63, 3.8) is 0 Å². The summed E-state index contributed by atoms with van der Waals surface area (Å²) in [6.45, 7) is 3.28. The second-order valence-electron chi connectivity index (χ2n) is 6.30. The third-order valence-electron chi connectivity index (χ3n) is 4.84. The number of aliphatic hydroxyl groups is 1. The number of carbonyl (C=O) groups excluding carboxylic acids is 1. The molecule has 108 valence electrons. The number of aromatic nitrogens is 1. The van der Waals surface area contributed by atoms with Gasteiger partial charge in [0, 0.05) is 31.4 Å². The average molecular weight is 274 g/mol. The van der Waals surface area contributed by atoms with Gasteiger partial charge in [-0.15, -0.1) is 0 Å². The van der Waals surface area contributed by atoms with Crippen LogP contribution in [0.1, 0.15) is 48.0 Å². The van der Waals surface area contributed by atoms with E-state index >= 15 is 0 Å². The Balaban J connectivity index is 1.74. The summed E-state index contributed by atoms with van der Waals surface area (Å²) in [5.41, 5.74) is 1.13. The first kappa shape index (κ1) is 13.6. The van der Waals surface area contributed by atoms with E-state index in [1.165, 1.54) is 6.42 Å². The van der Waals surface area contributed by atoms with Gasteiger partial charge in [0.05, 0.1) is 11.2 Å². The van der Waals surface area contributed by atoms with Crippen molar-refractivity contribution in [1.82, 2.24) is 9.88 Å². The van der Waals surface area contributed by atoms with E-state index in [1.54, 1.807) is 12.4 Å². The minimum atomic E-state index is -0.528. The van der Waals surface area contributed by atoms with Gasteiger partial charge >= 0.3 is 0 Å². The highest BCUT2D eigenvalue weighted by atomic mass is 16.3. The van der Waals surface area contributed by atoms with Crippen LogP contribution < -0.4 is 0 Å². The van der Waals surface area contributed by atoms with Gasteiger partial charge in [-0.2, -0.15) is 0 Å². The van der Waals surface area contributed by atoms with Crippen LogP contribution in [0.3, 0.4) is 0 Å². The Morgan fingerprint density at radius 1 is 1.40 bits per heavy atom. The Morgan fingerprint density at radius 3 is 3.05 bits per heavy atom. The number of pyridine rings is 1.